The number of aromatic nitrogens is 2. The van der Waals surface area contributed by atoms with Crippen molar-refractivity contribution in [3.63, 3.8) is 0 Å². The van der Waals surface area contributed by atoms with Crippen LogP contribution in [0.5, 0.6) is 5.75 Å². The second-order valence-electron chi connectivity index (χ2n) is 4.96. The normalized spacial score (nSPS) is 12.5. The van der Waals surface area contributed by atoms with Gasteiger partial charge in [0.1, 0.15) is 5.75 Å². The zero-order valence-corrected chi connectivity index (χ0v) is 11.5. The first-order valence-electron chi connectivity index (χ1n) is 6.65. The van der Waals surface area contributed by atoms with Gasteiger partial charge in [0.05, 0.1) is 12.0 Å². The van der Waals surface area contributed by atoms with Gasteiger partial charge in [0, 0.05) is 18.3 Å². The zero-order valence-electron chi connectivity index (χ0n) is 11.5. The number of phenolic OH excluding ortho intramolecular Hbond substituents is 1. The number of phenols is 1. The van der Waals surface area contributed by atoms with Gasteiger partial charge in [-0.2, -0.15) is 0 Å². The Morgan fingerprint density at radius 1 is 1.32 bits per heavy atom. The summed E-state index contributed by atoms with van der Waals surface area (Å²) in [6.07, 6.45) is 3.80. The average Bonchev–Trinajstić information content (AvgIpc) is 2.81. The molecule has 4 nitrogen and oxygen atoms in total. The molecule has 1 heterocycles. The molecule has 1 atom stereocenters. The molecule has 0 spiro atoms. The summed E-state index contributed by atoms with van der Waals surface area (Å²) in [4.78, 5) is 7.35. The molecule has 19 heavy (non-hydrogen) atoms. The van der Waals surface area contributed by atoms with E-state index >= 15 is 0 Å². The Morgan fingerprint density at radius 2 is 2.05 bits per heavy atom. The maximum Gasteiger partial charge on any atom is 0.115 e. The number of benzene rings is 1. The van der Waals surface area contributed by atoms with E-state index in [1.54, 1.807) is 18.5 Å². The largest absolute Gasteiger partial charge is 0.508 e. The highest BCUT2D eigenvalue weighted by molar-refractivity contribution is 5.25. The van der Waals surface area contributed by atoms with Gasteiger partial charge in [-0.1, -0.05) is 12.1 Å². The van der Waals surface area contributed by atoms with E-state index in [9.17, 15) is 5.11 Å². The van der Waals surface area contributed by atoms with Crippen molar-refractivity contribution in [3.8, 4) is 5.75 Å². The summed E-state index contributed by atoms with van der Waals surface area (Å²) in [5.74, 6) is 0.323. The number of imidazole rings is 1. The molecule has 0 fully saturated rings. The predicted molar refractivity (Wildman–Crippen MR) is 76.1 cm³/mol. The summed E-state index contributed by atoms with van der Waals surface area (Å²) < 4.78 is 0. The number of nitrogens with zero attached hydrogens (tertiary/aromatic N) is 1. The number of rotatable bonds is 6. The second-order valence-corrected chi connectivity index (χ2v) is 4.96. The molecule has 0 aliphatic rings. The summed E-state index contributed by atoms with van der Waals surface area (Å²) in [5, 5.41) is 12.7. The highest BCUT2D eigenvalue weighted by Crippen LogP contribution is 2.12. The minimum Gasteiger partial charge on any atom is -0.508 e. The van der Waals surface area contributed by atoms with E-state index in [4.69, 9.17) is 0 Å². The number of nitrogens with one attached hydrogen (secondary N) is 2. The molecule has 0 amide bonds. The Hall–Kier alpha value is -1.81. The third kappa shape index (κ3) is 4.10. The third-order valence-corrected chi connectivity index (χ3v) is 3.35. The van der Waals surface area contributed by atoms with Crippen LogP contribution in [0, 0.1) is 6.92 Å². The first-order chi connectivity index (χ1) is 9.15. The monoisotopic (exact) mass is 259 g/mol. The van der Waals surface area contributed by atoms with E-state index in [-0.39, 0.29) is 0 Å². The molecule has 0 radical (unpaired) electrons. The van der Waals surface area contributed by atoms with Crippen LogP contribution in [0.1, 0.15) is 30.3 Å². The summed E-state index contributed by atoms with van der Waals surface area (Å²) in [5.41, 5.74) is 3.46. The minimum absolute atomic E-state index is 0.323. The van der Waals surface area contributed by atoms with E-state index in [2.05, 4.69) is 22.2 Å². The average molecular weight is 259 g/mol. The molecular weight excluding hydrogens is 238 g/mol. The van der Waals surface area contributed by atoms with Crippen LogP contribution in [0.25, 0.3) is 0 Å². The Bertz CT molecular complexity index is 504. The summed E-state index contributed by atoms with van der Waals surface area (Å²) in [7, 11) is 0. The van der Waals surface area contributed by atoms with Crippen LogP contribution in [-0.4, -0.2) is 21.1 Å². The van der Waals surface area contributed by atoms with Crippen LogP contribution in [0.2, 0.25) is 0 Å². The first-order valence-corrected chi connectivity index (χ1v) is 6.65. The van der Waals surface area contributed by atoms with Crippen LogP contribution in [0.15, 0.2) is 30.6 Å². The number of aryl methyl sites for hydroxylation is 2. The minimum atomic E-state index is 0.323. The number of hydrogen-bond acceptors (Lipinski definition) is 3. The fraction of sp³-hybridized carbons (Fsp3) is 0.400. The Morgan fingerprint density at radius 3 is 2.68 bits per heavy atom. The Labute approximate surface area is 113 Å². The molecule has 1 unspecified atom stereocenters. The van der Waals surface area contributed by atoms with Crippen molar-refractivity contribution in [2.45, 2.75) is 39.3 Å². The van der Waals surface area contributed by atoms with Crippen molar-refractivity contribution in [1.29, 1.82) is 0 Å². The van der Waals surface area contributed by atoms with E-state index in [0.717, 1.165) is 30.8 Å². The maximum absolute atomic E-state index is 9.23. The fourth-order valence-electron chi connectivity index (χ4n) is 1.98. The molecule has 3 N–H and O–H groups in total. The smallest absolute Gasteiger partial charge is 0.115 e. The van der Waals surface area contributed by atoms with E-state index in [0.29, 0.717) is 11.8 Å². The topological polar surface area (TPSA) is 60.9 Å². The highest BCUT2D eigenvalue weighted by Gasteiger charge is 2.05. The highest BCUT2D eigenvalue weighted by atomic mass is 16.3. The van der Waals surface area contributed by atoms with E-state index in [1.807, 2.05) is 19.1 Å². The van der Waals surface area contributed by atoms with Crippen LogP contribution in [-0.2, 0) is 13.0 Å². The molecule has 1 aromatic carbocycles. The Kier molecular flexibility index (Phi) is 4.58. The molecule has 1 aromatic heterocycles. The molecule has 0 saturated carbocycles. The number of H-pyrrole nitrogens is 1. The van der Waals surface area contributed by atoms with Crippen LogP contribution < -0.4 is 5.32 Å². The van der Waals surface area contributed by atoms with Gasteiger partial charge in [-0.25, -0.2) is 4.98 Å². The van der Waals surface area contributed by atoms with Crippen molar-refractivity contribution in [2.75, 3.05) is 0 Å². The summed E-state index contributed by atoms with van der Waals surface area (Å²) in [6.45, 7) is 5.01. The lowest BCUT2D eigenvalue weighted by Crippen LogP contribution is -2.26. The van der Waals surface area contributed by atoms with Gasteiger partial charge in [-0.05, 0) is 44.4 Å². The molecule has 4 heteroatoms. The quantitative estimate of drug-likeness (QED) is 0.747. The van der Waals surface area contributed by atoms with Crippen LogP contribution >= 0.6 is 0 Å². The van der Waals surface area contributed by atoms with Gasteiger partial charge < -0.3 is 15.4 Å². The zero-order chi connectivity index (χ0) is 13.7. The number of aromatic hydroxyl groups is 1. The number of aromatic amines is 1. The van der Waals surface area contributed by atoms with Gasteiger partial charge in [0.25, 0.3) is 0 Å². The van der Waals surface area contributed by atoms with Crippen molar-refractivity contribution < 1.29 is 5.11 Å². The molecule has 102 valence electrons. The molecular formula is C15H21N3O. The van der Waals surface area contributed by atoms with Gasteiger partial charge in [-0.3, -0.25) is 0 Å². The maximum atomic E-state index is 9.23. The van der Waals surface area contributed by atoms with E-state index in [1.165, 1.54) is 5.56 Å². The summed E-state index contributed by atoms with van der Waals surface area (Å²) >= 11 is 0. The predicted octanol–water partition coefficient (Wildman–Crippen LogP) is 2.53. The Balaban J connectivity index is 1.74. The molecule has 2 aromatic rings. The number of hydrogen-bond donors (Lipinski definition) is 3. The first kappa shape index (κ1) is 13.6. The second kappa shape index (κ2) is 6.38. The molecule has 0 bridgehead atoms. The SMILES string of the molecule is Cc1[nH]cnc1CNC(C)CCc1ccc(O)cc1. The van der Waals surface area contributed by atoms with Gasteiger partial charge in [-0.15, -0.1) is 0 Å². The molecule has 0 aliphatic carbocycles. The molecule has 2 rings (SSSR count). The molecule has 0 saturated heterocycles. The van der Waals surface area contributed by atoms with Gasteiger partial charge in [0.15, 0.2) is 0 Å². The van der Waals surface area contributed by atoms with Crippen molar-refractivity contribution in [2.24, 2.45) is 0 Å². The lowest BCUT2D eigenvalue weighted by atomic mass is 10.1. The lowest BCUT2D eigenvalue weighted by molar-refractivity contribution is 0.474. The van der Waals surface area contributed by atoms with Crippen LogP contribution in [0.4, 0.5) is 0 Å². The van der Waals surface area contributed by atoms with Crippen molar-refractivity contribution in [1.82, 2.24) is 15.3 Å². The van der Waals surface area contributed by atoms with E-state index < -0.39 is 0 Å². The summed E-state index contributed by atoms with van der Waals surface area (Å²) in [6, 6.07) is 7.85. The van der Waals surface area contributed by atoms with Crippen molar-refractivity contribution >= 4 is 0 Å². The third-order valence-electron chi connectivity index (χ3n) is 3.35. The van der Waals surface area contributed by atoms with Crippen LogP contribution in [0.3, 0.4) is 0 Å². The molecule has 0 aliphatic heterocycles. The lowest BCUT2D eigenvalue weighted by Gasteiger charge is -2.13. The fourth-order valence-corrected chi connectivity index (χ4v) is 1.98. The van der Waals surface area contributed by atoms with Gasteiger partial charge in [0.2, 0.25) is 0 Å². The van der Waals surface area contributed by atoms with Gasteiger partial charge >= 0.3 is 0 Å². The standard InChI is InChI=1S/C15H21N3O/c1-11(16-9-15-12(2)17-10-18-15)3-4-13-5-7-14(19)8-6-13/h5-8,10-11,16,19H,3-4,9H2,1-2H3,(H,17,18). The van der Waals surface area contributed by atoms with Crippen molar-refractivity contribution in [3.05, 3.63) is 47.5 Å².